The molecule has 1 N–H and O–H groups in total. The molecule has 0 atom stereocenters. The van der Waals surface area contributed by atoms with Crippen molar-refractivity contribution >= 4 is 5.69 Å². The van der Waals surface area contributed by atoms with Crippen LogP contribution in [0.3, 0.4) is 0 Å². The van der Waals surface area contributed by atoms with Crippen molar-refractivity contribution in [3.8, 4) is 0 Å². The average molecular weight is 286 g/mol. The summed E-state index contributed by atoms with van der Waals surface area (Å²) in [6.07, 6.45) is 2.60. The second kappa shape index (κ2) is 6.04. The standard InChI is InChI=1S/C15H21F3N2/c1-3-15(4-2)10-20(7-5-6-19-15)13-9-11(16)8-12(17)14(13)18/h8-9,19H,3-7,10H2,1-2H3. The minimum atomic E-state index is -1.13. The maximum atomic E-state index is 14.0. The van der Waals surface area contributed by atoms with E-state index in [1.54, 1.807) is 4.90 Å². The highest BCUT2D eigenvalue weighted by molar-refractivity contribution is 5.49. The number of rotatable bonds is 3. The summed E-state index contributed by atoms with van der Waals surface area (Å²) in [5.41, 5.74) is -0.108. The molecule has 0 spiro atoms. The van der Waals surface area contributed by atoms with E-state index in [1.165, 1.54) is 0 Å². The highest BCUT2D eigenvalue weighted by atomic mass is 19.2. The lowest BCUT2D eigenvalue weighted by atomic mass is 9.92. The zero-order valence-electron chi connectivity index (χ0n) is 12.0. The van der Waals surface area contributed by atoms with Crippen molar-refractivity contribution in [1.82, 2.24) is 5.32 Å². The van der Waals surface area contributed by atoms with Crippen molar-refractivity contribution in [1.29, 1.82) is 0 Å². The summed E-state index contributed by atoms with van der Waals surface area (Å²) < 4.78 is 40.7. The zero-order valence-corrected chi connectivity index (χ0v) is 12.0. The van der Waals surface area contributed by atoms with Crippen molar-refractivity contribution in [2.24, 2.45) is 0 Å². The second-order valence-electron chi connectivity index (χ2n) is 5.41. The molecule has 0 radical (unpaired) electrons. The molecule has 5 heteroatoms. The van der Waals surface area contributed by atoms with Crippen molar-refractivity contribution in [3.05, 3.63) is 29.6 Å². The zero-order chi connectivity index (χ0) is 14.8. The van der Waals surface area contributed by atoms with Gasteiger partial charge >= 0.3 is 0 Å². The number of hydrogen-bond acceptors (Lipinski definition) is 2. The Bertz CT molecular complexity index is 472. The van der Waals surface area contributed by atoms with Crippen molar-refractivity contribution in [2.45, 2.75) is 38.6 Å². The van der Waals surface area contributed by atoms with Crippen LogP contribution in [0, 0.1) is 17.5 Å². The SMILES string of the molecule is CCC1(CC)CN(c2cc(F)cc(F)c2F)CCCN1. The van der Waals surface area contributed by atoms with E-state index in [2.05, 4.69) is 19.2 Å². The van der Waals surface area contributed by atoms with Gasteiger partial charge in [-0.1, -0.05) is 13.8 Å². The van der Waals surface area contributed by atoms with E-state index in [-0.39, 0.29) is 11.2 Å². The molecule has 1 aromatic rings. The van der Waals surface area contributed by atoms with Crippen LogP contribution < -0.4 is 10.2 Å². The highest BCUT2D eigenvalue weighted by Crippen LogP contribution is 2.28. The van der Waals surface area contributed by atoms with Crippen LogP contribution in [0.15, 0.2) is 12.1 Å². The molecular weight excluding hydrogens is 265 g/mol. The Hall–Kier alpha value is -1.23. The summed E-state index contributed by atoms with van der Waals surface area (Å²) in [5.74, 6) is -2.83. The molecule has 1 aromatic carbocycles. The summed E-state index contributed by atoms with van der Waals surface area (Å²) in [5, 5.41) is 3.49. The van der Waals surface area contributed by atoms with E-state index in [4.69, 9.17) is 0 Å². The lowest BCUT2D eigenvalue weighted by Crippen LogP contribution is -2.50. The molecule has 1 saturated heterocycles. The van der Waals surface area contributed by atoms with Gasteiger partial charge in [0.25, 0.3) is 0 Å². The van der Waals surface area contributed by atoms with Gasteiger partial charge in [-0.15, -0.1) is 0 Å². The van der Waals surface area contributed by atoms with Crippen LogP contribution in [0.4, 0.5) is 18.9 Å². The van der Waals surface area contributed by atoms with Crippen LogP contribution in [0.25, 0.3) is 0 Å². The molecule has 2 nitrogen and oxygen atoms in total. The number of hydrogen-bond donors (Lipinski definition) is 1. The van der Waals surface area contributed by atoms with Crippen molar-refractivity contribution in [2.75, 3.05) is 24.5 Å². The van der Waals surface area contributed by atoms with Gasteiger partial charge in [0.15, 0.2) is 11.6 Å². The van der Waals surface area contributed by atoms with E-state index in [9.17, 15) is 13.2 Å². The van der Waals surface area contributed by atoms with E-state index in [0.29, 0.717) is 19.2 Å². The quantitative estimate of drug-likeness (QED) is 0.856. The second-order valence-corrected chi connectivity index (χ2v) is 5.41. The first-order chi connectivity index (χ1) is 9.51. The number of anilines is 1. The summed E-state index contributed by atoms with van der Waals surface area (Å²) in [6, 6.07) is 1.67. The molecule has 20 heavy (non-hydrogen) atoms. The monoisotopic (exact) mass is 286 g/mol. The van der Waals surface area contributed by atoms with Gasteiger partial charge in [0.1, 0.15) is 5.82 Å². The lowest BCUT2D eigenvalue weighted by molar-refractivity contribution is 0.321. The maximum Gasteiger partial charge on any atom is 0.182 e. The van der Waals surface area contributed by atoms with Crippen LogP contribution in [0.5, 0.6) is 0 Å². The van der Waals surface area contributed by atoms with Crippen LogP contribution in [0.2, 0.25) is 0 Å². The van der Waals surface area contributed by atoms with Gasteiger partial charge in [0.05, 0.1) is 5.69 Å². The van der Waals surface area contributed by atoms with Gasteiger partial charge in [-0.2, -0.15) is 0 Å². The number of nitrogens with zero attached hydrogens (tertiary/aromatic N) is 1. The summed E-state index contributed by atoms with van der Waals surface area (Å²) in [4.78, 5) is 1.76. The third kappa shape index (κ3) is 2.92. The molecule has 112 valence electrons. The lowest BCUT2D eigenvalue weighted by Gasteiger charge is -2.36. The number of benzene rings is 1. The Labute approximate surface area is 118 Å². The summed E-state index contributed by atoms with van der Waals surface area (Å²) >= 11 is 0. The van der Waals surface area contributed by atoms with Crippen LogP contribution >= 0.6 is 0 Å². The highest BCUT2D eigenvalue weighted by Gasteiger charge is 2.31. The molecule has 1 fully saturated rings. The number of halogens is 3. The third-order valence-electron chi connectivity index (χ3n) is 4.27. The molecule has 1 aliphatic heterocycles. The molecule has 0 bridgehead atoms. The van der Waals surface area contributed by atoms with Crippen molar-refractivity contribution < 1.29 is 13.2 Å². The molecule has 1 heterocycles. The molecule has 2 rings (SSSR count). The van der Waals surface area contributed by atoms with Gasteiger partial charge in [-0.25, -0.2) is 13.2 Å². The molecule has 0 saturated carbocycles. The Morgan fingerprint density at radius 2 is 1.90 bits per heavy atom. The van der Waals surface area contributed by atoms with E-state index in [1.807, 2.05) is 0 Å². The fourth-order valence-electron chi connectivity index (χ4n) is 2.83. The fourth-order valence-corrected chi connectivity index (χ4v) is 2.83. The Kier molecular flexibility index (Phi) is 4.58. The Morgan fingerprint density at radius 3 is 2.55 bits per heavy atom. The van der Waals surface area contributed by atoms with Crippen LogP contribution in [-0.4, -0.2) is 25.2 Å². The Balaban J connectivity index is 2.36. The van der Waals surface area contributed by atoms with Crippen molar-refractivity contribution in [3.63, 3.8) is 0 Å². The smallest absolute Gasteiger partial charge is 0.182 e. The van der Waals surface area contributed by atoms with Crippen LogP contribution in [-0.2, 0) is 0 Å². The molecule has 1 aliphatic rings. The predicted molar refractivity (Wildman–Crippen MR) is 74.5 cm³/mol. The van der Waals surface area contributed by atoms with Crippen LogP contribution in [0.1, 0.15) is 33.1 Å². The predicted octanol–water partition coefficient (Wildman–Crippen LogP) is 3.46. The minimum absolute atomic E-state index is 0.0254. The third-order valence-corrected chi connectivity index (χ3v) is 4.27. The van der Waals surface area contributed by atoms with E-state index < -0.39 is 17.5 Å². The molecule has 0 unspecified atom stereocenters. The molecule has 0 aromatic heterocycles. The van der Waals surface area contributed by atoms with Gasteiger partial charge in [0.2, 0.25) is 0 Å². The first-order valence-electron chi connectivity index (χ1n) is 7.16. The molecular formula is C15H21F3N2. The molecule has 0 amide bonds. The minimum Gasteiger partial charge on any atom is -0.367 e. The number of nitrogens with one attached hydrogen (secondary N) is 1. The Morgan fingerprint density at radius 1 is 1.20 bits per heavy atom. The summed E-state index contributed by atoms with van der Waals surface area (Å²) in [7, 11) is 0. The van der Waals surface area contributed by atoms with E-state index in [0.717, 1.165) is 31.9 Å². The maximum absolute atomic E-state index is 14.0. The first kappa shape index (κ1) is 15.2. The van der Waals surface area contributed by atoms with Gasteiger partial charge < -0.3 is 10.2 Å². The molecule has 0 aliphatic carbocycles. The van der Waals surface area contributed by atoms with E-state index >= 15 is 0 Å². The average Bonchev–Trinajstić information content (AvgIpc) is 2.66. The normalized spacial score (nSPS) is 18.9. The van der Waals surface area contributed by atoms with Gasteiger partial charge in [-0.05, 0) is 25.8 Å². The van der Waals surface area contributed by atoms with Gasteiger partial charge in [0, 0.05) is 30.8 Å². The largest absolute Gasteiger partial charge is 0.367 e. The first-order valence-corrected chi connectivity index (χ1v) is 7.16. The topological polar surface area (TPSA) is 15.3 Å². The fraction of sp³-hybridized carbons (Fsp3) is 0.600. The summed E-state index contributed by atoms with van der Waals surface area (Å²) in [6.45, 7) is 6.12. The van der Waals surface area contributed by atoms with Gasteiger partial charge in [-0.3, -0.25) is 0 Å².